The van der Waals surface area contributed by atoms with Gasteiger partial charge in [0.15, 0.2) is 12.2 Å². The highest BCUT2D eigenvalue weighted by Crippen LogP contribution is 2.22. The van der Waals surface area contributed by atoms with Crippen molar-refractivity contribution in [2.75, 3.05) is 6.61 Å². The fourth-order valence-corrected chi connectivity index (χ4v) is 2.34. The lowest BCUT2D eigenvalue weighted by atomic mass is 10.1. The number of aliphatic carboxylic acids is 1. The average molecular weight is 378 g/mol. The van der Waals surface area contributed by atoms with E-state index in [2.05, 4.69) is 5.32 Å². The zero-order chi connectivity index (χ0) is 19.2. The molecule has 6 nitrogen and oxygen atoms in total. The quantitative estimate of drug-likeness (QED) is 0.737. The highest BCUT2D eigenvalue weighted by molar-refractivity contribution is 6.30. The lowest BCUT2D eigenvalue weighted by Gasteiger charge is -2.25. The van der Waals surface area contributed by atoms with Crippen molar-refractivity contribution in [1.29, 1.82) is 0 Å². The van der Waals surface area contributed by atoms with Gasteiger partial charge in [0.1, 0.15) is 11.5 Å². The summed E-state index contributed by atoms with van der Waals surface area (Å²) in [6, 6.07) is 13.7. The van der Waals surface area contributed by atoms with Crippen molar-refractivity contribution in [3.63, 3.8) is 0 Å². The van der Waals surface area contributed by atoms with Crippen LogP contribution in [0.5, 0.6) is 11.5 Å². The first kappa shape index (κ1) is 19.6. The van der Waals surface area contributed by atoms with Crippen molar-refractivity contribution in [2.45, 2.75) is 26.0 Å². The lowest BCUT2D eigenvalue weighted by molar-refractivity contribution is -0.139. The third-order valence-corrected chi connectivity index (χ3v) is 3.66. The van der Waals surface area contributed by atoms with Gasteiger partial charge in [-0.25, -0.2) is 4.79 Å². The first-order valence-electron chi connectivity index (χ1n) is 7.93. The monoisotopic (exact) mass is 377 g/mol. The summed E-state index contributed by atoms with van der Waals surface area (Å²) in [5.74, 6) is -0.423. The van der Waals surface area contributed by atoms with Gasteiger partial charge in [-0.1, -0.05) is 29.8 Å². The summed E-state index contributed by atoms with van der Waals surface area (Å²) in [5, 5.41) is 12.0. The van der Waals surface area contributed by atoms with Crippen LogP contribution in [-0.4, -0.2) is 29.2 Å². The van der Waals surface area contributed by atoms with Crippen LogP contribution in [-0.2, 0) is 16.1 Å². The highest BCUT2D eigenvalue weighted by Gasteiger charge is 2.29. The van der Waals surface area contributed by atoms with Crippen molar-refractivity contribution in [1.82, 2.24) is 5.32 Å². The van der Waals surface area contributed by atoms with Crippen LogP contribution < -0.4 is 14.8 Å². The normalized spacial score (nSPS) is 10.9. The van der Waals surface area contributed by atoms with Gasteiger partial charge in [0.2, 0.25) is 0 Å². The second-order valence-corrected chi connectivity index (χ2v) is 6.52. The van der Waals surface area contributed by atoms with Crippen molar-refractivity contribution in [3.8, 4) is 11.5 Å². The van der Waals surface area contributed by atoms with Gasteiger partial charge < -0.3 is 19.9 Å². The molecule has 2 aromatic rings. The minimum atomic E-state index is -1.10. The molecular weight excluding hydrogens is 358 g/mol. The number of ether oxygens (including phenoxy) is 2. The van der Waals surface area contributed by atoms with Gasteiger partial charge in [0.25, 0.3) is 5.91 Å². The van der Waals surface area contributed by atoms with Crippen molar-refractivity contribution in [2.24, 2.45) is 0 Å². The Morgan fingerprint density at radius 2 is 1.81 bits per heavy atom. The fourth-order valence-electron chi connectivity index (χ4n) is 2.16. The second-order valence-electron chi connectivity index (χ2n) is 6.08. The van der Waals surface area contributed by atoms with Crippen LogP contribution in [0.3, 0.4) is 0 Å². The number of carbonyl (C=O) groups is 2. The number of nitrogens with one attached hydrogen (secondary N) is 1. The summed E-state index contributed by atoms with van der Waals surface area (Å²) in [5.41, 5.74) is -0.318. The molecule has 0 spiro atoms. The molecule has 138 valence electrons. The van der Waals surface area contributed by atoms with Gasteiger partial charge in [-0.05, 0) is 49.7 Å². The number of rotatable bonds is 8. The van der Waals surface area contributed by atoms with E-state index in [1.807, 2.05) is 0 Å². The summed E-state index contributed by atoms with van der Waals surface area (Å²) in [4.78, 5) is 23.0. The highest BCUT2D eigenvalue weighted by atomic mass is 35.5. The predicted molar refractivity (Wildman–Crippen MR) is 97.6 cm³/mol. The molecule has 0 saturated carbocycles. The largest absolute Gasteiger partial charge is 0.482 e. The molecule has 2 rings (SSSR count). The van der Waals surface area contributed by atoms with Crippen LogP contribution in [0.4, 0.5) is 0 Å². The number of carboxylic acids is 1. The molecule has 0 aromatic heterocycles. The molecule has 7 heteroatoms. The maximum atomic E-state index is 12.4. The smallest absolute Gasteiger partial charge is 0.341 e. The van der Waals surface area contributed by atoms with E-state index in [1.54, 1.807) is 62.4 Å². The number of amides is 1. The summed E-state index contributed by atoms with van der Waals surface area (Å²) in [6.07, 6.45) is 0. The van der Waals surface area contributed by atoms with Crippen LogP contribution in [0.25, 0.3) is 0 Å². The lowest BCUT2D eigenvalue weighted by Crippen LogP contribution is -2.46. The van der Waals surface area contributed by atoms with Gasteiger partial charge in [-0.2, -0.15) is 0 Å². The Kier molecular flexibility index (Phi) is 6.46. The third-order valence-electron chi connectivity index (χ3n) is 3.43. The molecule has 0 heterocycles. The zero-order valence-corrected chi connectivity index (χ0v) is 15.2. The number of benzene rings is 2. The van der Waals surface area contributed by atoms with Gasteiger partial charge in [-0.15, -0.1) is 0 Å². The minimum Gasteiger partial charge on any atom is -0.482 e. The molecular formula is C19H20ClNO5. The number of carboxylic acid groups (broad SMARTS) is 1. The molecule has 26 heavy (non-hydrogen) atoms. The Bertz CT molecular complexity index is 791. The number of hydrogen-bond acceptors (Lipinski definition) is 4. The fraction of sp³-hybridized carbons (Fsp3) is 0.263. The van der Waals surface area contributed by atoms with E-state index in [4.69, 9.17) is 26.2 Å². The van der Waals surface area contributed by atoms with Crippen molar-refractivity contribution in [3.05, 3.63) is 59.1 Å². The van der Waals surface area contributed by atoms with Crippen molar-refractivity contribution < 1.29 is 24.2 Å². The first-order chi connectivity index (χ1) is 12.3. The van der Waals surface area contributed by atoms with Gasteiger partial charge in [-0.3, -0.25) is 4.79 Å². The molecule has 0 saturated heterocycles. The van der Waals surface area contributed by atoms with E-state index in [0.717, 1.165) is 5.56 Å². The Morgan fingerprint density at radius 1 is 1.12 bits per heavy atom. The number of halogens is 1. The van der Waals surface area contributed by atoms with Crippen LogP contribution in [0, 0.1) is 0 Å². The summed E-state index contributed by atoms with van der Waals surface area (Å²) in [6.45, 7) is 3.16. The first-order valence-corrected chi connectivity index (χ1v) is 8.30. The molecule has 1 amide bonds. The third kappa shape index (κ3) is 5.97. The Labute approximate surface area is 156 Å². The van der Waals surface area contributed by atoms with Crippen LogP contribution in [0.1, 0.15) is 19.4 Å². The van der Waals surface area contributed by atoms with Crippen LogP contribution in [0.15, 0.2) is 48.5 Å². The molecule has 2 N–H and O–H groups in total. The number of hydrogen-bond donors (Lipinski definition) is 2. The summed E-state index contributed by atoms with van der Waals surface area (Å²) < 4.78 is 10.9. The topological polar surface area (TPSA) is 84.9 Å². The van der Waals surface area contributed by atoms with E-state index >= 15 is 0 Å². The van der Waals surface area contributed by atoms with Crippen LogP contribution in [0.2, 0.25) is 5.02 Å². The summed E-state index contributed by atoms with van der Waals surface area (Å²) in [7, 11) is 0. The van der Waals surface area contributed by atoms with Crippen LogP contribution >= 0.6 is 11.6 Å². The second kappa shape index (κ2) is 8.58. The maximum absolute atomic E-state index is 12.4. The minimum absolute atomic E-state index is 0.255. The van der Waals surface area contributed by atoms with Gasteiger partial charge in [0, 0.05) is 11.6 Å². The zero-order valence-electron chi connectivity index (χ0n) is 14.5. The molecule has 0 bridgehead atoms. The predicted octanol–water partition coefficient (Wildman–Crippen LogP) is 3.28. The molecule has 0 aliphatic carbocycles. The van der Waals surface area contributed by atoms with E-state index < -0.39 is 18.2 Å². The van der Waals surface area contributed by atoms with Gasteiger partial charge >= 0.3 is 5.97 Å². The number of carbonyl (C=O) groups excluding carboxylic acids is 1. The standard InChI is InChI=1S/C19H20ClNO5/c1-19(2,26-16-8-4-6-14(20)10-16)18(24)21-11-13-5-3-7-15(9-13)25-12-17(22)23/h3-10H,11-12H2,1-2H3,(H,21,24)(H,22,23). The SMILES string of the molecule is CC(C)(Oc1cccc(Cl)c1)C(=O)NCc1cccc(OCC(=O)O)c1. The van der Waals surface area contributed by atoms with E-state index in [-0.39, 0.29) is 12.5 Å². The van der Waals surface area contributed by atoms with E-state index in [1.165, 1.54) is 0 Å². The Hall–Kier alpha value is -2.73. The summed E-state index contributed by atoms with van der Waals surface area (Å²) >= 11 is 5.93. The Balaban J connectivity index is 1.94. The van der Waals surface area contributed by atoms with Crippen molar-refractivity contribution >= 4 is 23.5 Å². The molecule has 0 unspecified atom stereocenters. The maximum Gasteiger partial charge on any atom is 0.341 e. The molecule has 0 atom stereocenters. The molecule has 0 aliphatic rings. The van der Waals surface area contributed by atoms with E-state index in [0.29, 0.717) is 16.5 Å². The van der Waals surface area contributed by atoms with Gasteiger partial charge in [0.05, 0.1) is 0 Å². The Morgan fingerprint density at radius 3 is 2.50 bits per heavy atom. The molecule has 2 aromatic carbocycles. The molecule has 0 fully saturated rings. The molecule has 0 aliphatic heterocycles. The average Bonchev–Trinajstić information content (AvgIpc) is 2.58. The molecule has 0 radical (unpaired) electrons. The van der Waals surface area contributed by atoms with E-state index in [9.17, 15) is 9.59 Å².